The number of carbonyl (C=O) groups excluding carboxylic acids is 1. The van der Waals surface area contributed by atoms with Crippen molar-refractivity contribution in [3.8, 4) is 5.75 Å². The summed E-state index contributed by atoms with van der Waals surface area (Å²) >= 11 is 0. The summed E-state index contributed by atoms with van der Waals surface area (Å²) in [7, 11) is 1.66. The number of carbonyl (C=O) groups is 1. The van der Waals surface area contributed by atoms with Gasteiger partial charge < -0.3 is 19.3 Å². The summed E-state index contributed by atoms with van der Waals surface area (Å²) in [5.41, 5.74) is 4.74. The average Bonchev–Trinajstić information content (AvgIpc) is 3.18. The van der Waals surface area contributed by atoms with Gasteiger partial charge in [0.05, 0.1) is 12.7 Å². The molecular weight excluding hydrogens is 438 g/mol. The Morgan fingerprint density at radius 2 is 1.49 bits per heavy atom. The average molecular weight is 474 g/mol. The van der Waals surface area contributed by atoms with Gasteiger partial charge in [-0.2, -0.15) is 0 Å². The van der Waals surface area contributed by atoms with Gasteiger partial charge in [0.15, 0.2) is 0 Å². The number of hydrogen-bond donors (Lipinski definition) is 0. The Kier molecular flexibility index (Phi) is 7.01. The molecule has 3 aromatic rings. The summed E-state index contributed by atoms with van der Waals surface area (Å²) in [6.45, 7) is 14.2. The molecule has 0 aliphatic carbocycles. The van der Waals surface area contributed by atoms with Crippen LogP contribution in [0.4, 0.5) is 11.4 Å². The molecule has 1 unspecified atom stereocenters. The molecule has 1 aliphatic rings. The van der Waals surface area contributed by atoms with Crippen molar-refractivity contribution in [2.45, 2.75) is 40.2 Å². The van der Waals surface area contributed by atoms with Crippen LogP contribution in [0.15, 0.2) is 54.7 Å². The molecule has 0 amide bonds. The van der Waals surface area contributed by atoms with Gasteiger partial charge in [-0.3, -0.25) is 4.98 Å². The van der Waals surface area contributed by atoms with Crippen LogP contribution in [-0.2, 0) is 10.3 Å². The number of pyridine rings is 1. The Hall–Kier alpha value is -3.54. The smallest absolute Gasteiger partial charge is 0.341 e. The lowest BCUT2D eigenvalue weighted by atomic mass is 9.80. The number of benzene rings is 2. The van der Waals surface area contributed by atoms with E-state index in [2.05, 4.69) is 68.7 Å². The zero-order valence-electron chi connectivity index (χ0n) is 21.6. The number of aryl methyl sites for hydroxylation is 1. The molecule has 6 nitrogen and oxygen atoms in total. The van der Waals surface area contributed by atoms with E-state index in [1.54, 1.807) is 25.4 Å². The fourth-order valence-electron chi connectivity index (χ4n) is 5.19. The SMILES string of the molecule is CCN(CC)c1ccc(C2(c3ccc(N(CC)CC)cc3OC)OC(=O)c3cccnc32)c(C)c1. The maximum absolute atomic E-state index is 13.2. The molecular formula is C29H35N3O3. The lowest BCUT2D eigenvalue weighted by Gasteiger charge is -2.33. The van der Waals surface area contributed by atoms with Crippen molar-refractivity contribution in [3.05, 3.63) is 82.7 Å². The number of rotatable bonds is 9. The Labute approximate surface area is 208 Å². The summed E-state index contributed by atoms with van der Waals surface area (Å²) < 4.78 is 12.2. The number of fused-ring (bicyclic) bond motifs is 1. The van der Waals surface area contributed by atoms with Crippen LogP contribution < -0.4 is 14.5 Å². The van der Waals surface area contributed by atoms with E-state index in [-0.39, 0.29) is 5.97 Å². The second kappa shape index (κ2) is 9.98. The first kappa shape index (κ1) is 24.6. The molecule has 0 bridgehead atoms. The normalized spacial score (nSPS) is 16.6. The number of methoxy groups -OCH3 is 1. The van der Waals surface area contributed by atoms with Crippen molar-refractivity contribution in [3.63, 3.8) is 0 Å². The van der Waals surface area contributed by atoms with E-state index in [9.17, 15) is 4.79 Å². The van der Waals surface area contributed by atoms with Crippen LogP contribution in [0.3, 0.4) is 0 Å². The van der Waals surface area contributed by atoms with Gasteiger partial charge >= 0.3 is 5.97 Å². The van der Waals surface area contributed by atoms with E-state index in [0.29, 0.717) is 17.0 Å². The predicted molar refractivity (Wildman–Crippen MR) is 141 cm³/mol. The van der Waals surface area contributed by atoms with Gasteiger partial charge in [0.25, 0.3) is 0 Å². The Morgan fingerprint density at radius 1 is 0.886 bits per heavy atom. The van der Waals surface area contributed by atoms with Gasteiger partial charge in [-0.05, 0) is 76.6 Å². The molecule has 6 heteroatoms. The van der Waals surface area contributed by atoms with Crippen LogP contribution in [0.1, 0.15) is 60.4 Å². The van der Waals surface area contributed by atoms with Crippen LogP contribution in [0.25, 0.3) is 0 Å². The van der Waals surface area contributed by atoms with Crippen molar-refractivity contribution in [2.75, 3.05) is 43.1 Å². The van der Waals surface area contributed by atoms with Gasteiger partial charge in [-0.1, -0.05) is 6.07 Å². The molecule has 0 spiro atoms. The molecule has 184 valence electrons. The maximum atomic E-state index is 13.2. The first-order valence-corrected chi connectivity index (χ1v) is 12.4. The van der Waals surface area contributed by atoms with Crippen molar-refractivity contribution >= 4 is 17.3 Å². The number of cyclic esters (lactones) is 1. The molecule has 0 saturated heterocycles. The number of aromatic nitrogens is 1. The topological polar surface area (TPSA) is 54.9 Å². The van der Waals surface area contributed by atoms with E-state index in [4.69, 9.17) is 14.5 Å². The fourth-order valence-corrected chi connectivity index (χ4v) is 5.19. The number of ether oxygens (including phenoxy) is 2. The monoisotopic (exact) mass is 473 g/mol. The number of anilines is 2. The highest BCUT2D eigenvalue weighted by Crippen LogP contribution is 2.50. The summed E-state index contributed by atoms with van der Waals surface area (Å²) in [5.74, 6) is 0.281. The van der Waals surface area contributed by atoms with Crippen LogP contribution in [0, 0.1) is 6.92 Å². The van der Waals surface area contributed by atoms with Gasteiger partial charge in [0.1, 0.15) is 11.4 Å². The summed E-state index contributed by atoms with van der Waals surface area (Å²) in [5, 5.41) is 0. The lowest BCUT2D eigenvalue weighted by molar-refractivity contribution is 0.0235. The minimum Gasteiger partial charge on any atom is -0.496 e. The second-order valence-corrected chi connectivity index (χ2v) is 8.70. The van der Waals surface area contributed by atoms with Crippen LogP contribution >= 0.6 is 0 Å². The van der Waals surface area contributed by atoms with Crippen LogP contribution in [0.5, 0.6) is 5.75 Å². The van der Waals surface area contributed by atoms with Crippen LogP contribution in [0.2, 0.25) is 0 Å². The van der Waals surface area contributed by atoms with Gasteiger partial charge in [0.2, 0.25) is 5.60 Å². The molecule has 0 N–H and O–H groups in total. The molecule has 1 atom stereocenters. The summed E-state index contributed by atoms with van der Waals surface area (Å²) in [6, 6.07) is 16.0. The van der Waals surface area contributed by atoms with Crippen molar-refractivity contribution < 1.29 is 14.3 Å². The molecule has 35 heavy (non-hydrogen) atoms. The number of esters is 1. The fraction of sp³-hybridized carbons (Fsp3) is 0.379. The third-order valence-electron chi connectivity index (χ3n) is 7.02. The summed E-state index contributed by atoms with van der Waals surface area (Å²) in [6.07, 6.45) is 1.71. The maximum Gasteiger partial charge on any atom is 0.341 e. The minimum atomic E-state index is -1.20. The largest absolute Gasteiger partial charge is 0.496 e. The zero-order valence-corrected chi connectivity index (χ0v) is 21.6. The van der Waals surface area contributed by atoms with E-state index in [1.807, 2.05) is 12.1 Å². The third kappa shape index (κ3) is 4.01. The van der Waals surface area contributed by atoms with Gasteiger partial charge in [0, 0.05) is 60.9 Å². The van der Waals surface area contributed by atoms with Crippen LogP contribution in [-0.4, -0.2) is 44.2 Å². The quantitative estimate of drug-likeness (QED) is 0.380. The first-order valence-electron chi connectivity index (χ1n) is 12.4. The Bertz CT molecular complexity index is 1220. The Balaban J connectivity index is 1.99. The van der Waals surface area contributed by atoms with Crippen molar-refractivity contribution in [1.82, 2.24) is 4.98 Å². The van der Waals surface area contributed by atoms with Crippen molar-refractivity contribution in [1.29, 1.82) is 0 Å². The molecule has 1 aliphatic heterocycles. The minimum absolute atomic E-state index is 0.379. The molecule has 2 heterocycles. The highest BCUT2D eigenvalue weighted by Gasteiger charge is 2.52. The summed E-state index contributed by atoms with van der Waals surface area (Å²) in [4.78, 5) is 22.4. The highest BCUT2D eigenvalue weighted by atomic mass is 16.6. The van der Waals surface area contributed by atoms with E-state index in [0.717, 1.165) is 54.2 Å². The lowest BCUT2D eigenvalue weighted by Crippen LogP contribution is -2.32. The highest BCUT2D eigenvalue weighted by molar-refractivity contribution is 5.96. The molecule has 0 fully saturated rings. The van der Waals surface area contributed by atoms with E-state index >= 15 is 0 Å². The molecule has 1 aromatic heterocycles. The third-order valence-corrected chi connectivity index (χ3v) is 7.02. The van der Waals surface area contributed by atoms with Gasteiger partial charge in [-0.25, -0.2) is 4.79 Å². The molecule has 2 aromatic carbocycles. The molecule has 4 rings (SSSR count). The van der Waals surface area contributed by atoms with Crippen molar-refractivity contribution in [2.24, 2.45) is 0 Å². The zero-order chi connectivity index (χ0) is 25.2. The standard InChI is InChI=1S/C29H35N3O3/c1-7-31(8-2)21-13-15-24(20(5)18-21)29(27-23(28(33)35-29)12-11-17-30-27)25-16-14-22(19-26(25)34-6)32(9-3)10-4/h11-19H,7-10H2,1-6H3. The molecule has 0 saturated carbocycles. The number of nitrogens with zero attached hydrogens (tertiary/aromatic N) is 3. The Morgan fingerprint density at radius 3 is 2.06 bits per heavy atom. The van der Waals surface area contributed by atoms with E-state index < -0.39 is 5.60 Å². The van der Waals surface area contributed by atoms with E-state index in [1.165, 1.54) is 0 Å². The molecule has 0 radical (unpaired) electrons. The number of hydrogen-bond acceptors (Lipinski definition) is 6. The first-order chi connectivity index (χ1) is 16.9. The predicted octanol–water partition coefficient (Wildman–Crippen LogP) is 5.55. The van der Waals surface area contributed by atoms with Gasteiger partial charge in [-0.15, -0.1) is 0 Å². The second-order valence-electron chi connectivity index (χ2n) is 8.70.